The van der Waals surface area contributed by atoms with Crippen molar-refractivity contribution in [2.24, 2.45) is 10.9 Å². The normalized spacial score (nSPS) is 21.1. The van der Waals surface area contributed by atoms with E-state index in [0.29, 0.717) is 12.0 Å². The minimum Gasteiger partial charge on any atom is -0.379 e. The monoisotopic (exact) mass is 416 g/mol. The molecule has 6 heteroatoms. The summed E-state index contributed by atoms with van der Waals surface area (Å²) >= 11 is 0. The first kappa shape index (κ1) is 23.0. The highest BCUT2D eigenvalue weighted by atomic mass is 16.5. The maximum absolute atomic E-state index is 5.83. The third-order valence-electron chi connectivity index (χ3n) is 5.94. The molecule has 1 unspecified atom stereocenters. The largest absolute Gasteiger partial charge is 0.379 e. The van der Waals surface area contributed by atoms with Crippen LogP contribution in [0.1, 0.15) is 43.7 Å². The van der Waals surface area contributed by atoms with Crippen molar-refractivity contribution in [3.05, 3.63) is 35.4 Å². The fourth-order valence-electron chi connectivity index (χ4n) is 4.01. The summed E-state index contributed by atoms with van der Waals surface area (Å²) in [4.78, 5) is 7.42. The molecule has 2 aliphatic heterocycles. The molecule has 6 nitrogen and oxygen atoms in total. The van der Waals surface area contributed by atoms with Gasteiger partial charge in [-0.2, -0.15) is 0 Å². The van der Waals surface area contributed by atoms with Crippen LogP contribution < -0.4 is 10.6 Å². The SMILES string of the molecule is CCNC(=NCC1CCN(Cc2ccc(C)cc2)CC1)NCCCOC1CCOC1. The topological polar surface area (TPSA) is 58.1 Å². The lowest BCUT2D eigenvalue weighted by atomic mass is 9.96. The third kappa shape index (κ3) is 8.25. The number of guanidine groups is 1. The Balaban J connectivity index is 1.31. The summed E-state index contributed by atoms with van der Waals surface area (Å²) in [6.45, 7) is 12.7. The summed E-state index contributed by atoms with van der Waals surface area (Å²) in [5.74, 6) is 1.62. The van der Waals surface area contributed by atoms with Crippen LogP contribution in [0.5, 0.6) is 0 Å². The molecule has 1 aromatic rings. The van der Waals surface area contributed by atoms with Crippen LogP contribution in [0.15, 0.2) is 29.3 Å². The molecule has 2 saturated heterocycles. The van der Waals surface area contributed by atoms with E-state index >= 15 is 0 Å². The van der Waals surface area contributed by atoms with E-state index < -0.39 is 0 Å². The standard InChI is InChI=1S/C24H40N4O2/c1-3-25-24(26-12-4-15-30-23-11-16-29-19-23)27-17-21-9-13-28(14-10-21)18-22-7-5-20(2)6-8-22/h5-8,21,23H,3-4,9-19H2,1-2H3,(H2,25,26,27). The highest BCUT2D eigenvalue weighted by molar-refractivity contribution is 5.79. The number of likely N-dealkylation sites (tertiary alicyclic amines) is 1. The van der Waals surface area contributed by atoms with Gasteiger partial charge in [0.05, 0.1) is 12.7 Å². The van der Waals surface area contributed by atoms with Crippen LogP contribution in [-0.4, -0.2) is 69.5 Å². The van der Waals surface area contributed by atoms with Gasteiger partial charge in [0.15, 0.2) is 5.96 Å². The van der Waals surface area contributed by atoms with E-state index in [4.69, 9.17) is 14.5 Å². The van der Waals surface area contributed by atoms with Crippen molar-refractivity contribution >= 4 is 5.96 Å². The summed E-state index contributed by atoms with van der Waals surface area (Å²) in [5, 5.41) is 6.82. The van der Waals surface area contributed by atoms with Crippen LogP contribution in [0.3, 0.4) is 0 Å². The number of ether oxygens (including phenoxy) is 2. The Kier molecular flexibility index (Phi) is 9.93. The zero-order valence-electron chi connectivity index (χ0n) is 18.9. The summed E-state index contributed by atoms with van der Waals surface area (Å²) < 4.78 is 11.2. The number of aliphatic imine (C=N–C) groups is 1. The number of hydrogen-bond acceptors (Lipinski definition) is 4. The number of rotatable bonds is 10. The molecular formula is C24H40N4O2. The van der Waals surface area contributed by atoms with E-state index in [1.54, 1.807) is 0 Å². The van der Waals surface area contributed by atoms with E-state index in [0.717, 1.165) is 64.8 Å². The van der Waals surface area contributed by atoms with Crippen LogP contribution in [0.25, 0.3) is 0 Å². The molecule has 0 saturated carbocycles. The summed E-state index contributed by atoms with van der Waals surface area (Å²) in [6, 6.07) is 8.93. The Morgan fingerprint density at radius 2 is 1.97 bits per heavy atom. The number of benzene rings is 1. The molecule has 0 radical (unpaired) electrons. The Labute approximate surface area is 182 Å². The Hall–Kier alpha value is -1.63. The molecule has 0 aliphatic carbocycles. The fourth-order valence-corrected chi connectivity index (χ4v) is 4.01. The van der Waals surface area contributed by atoms with Crippen molar-refractivity contribution in [3.63, 3.8) is 0 Å². The van der Waals surface area contributed by atoms with Gasteiger partial charge in [0.2, 0.25) is 0 Å². The van der Waals surface area contributed by atoms with E-state index in [1.165, 1.54) is 37.1 Å². The molecule has 3 rings (SSSR count). The van der Waals surface area contributed by atoms with Crippen molar-refractivity contribution in [2.45, 2.75) is 52.2 Å². The van der Waals surface area contributed by atoms with Gasteiger partial charge in [0.25, 0.3) is 0 Å². The second-order valence-electron chi connectivity index (χ2n) is 8.56. The molecule has 2 N–H and O–H groups in total. The molecule has 1 atom stereocenters. The van der Waals surface area contributed by atoms with Gasteiger partial charge in [-0.1, -0.05) is 29.8 Å². The van der Waals surface area contributed by atoms with E-state index in [-0.39, 0.29) is 0 Å². The van der Waals surface area contributed by atoms with E-state index in [9.17, 15) is 0 Å². The molecule has 0 bridgehead atoms. The first-order valence-electron chi connectivity index (χ1n) is 11.7. The molecular weight excluding hydrogens is 376 g/mol. The number of piperidine rings is 1. The van der Waals surface area contributed by atoms with Crippen molar-refractivity contribution in [1.29, 1.82) is 0 Å². The van der Waals surface area contributed by atoms with Crippen LogP contribution in [0.4, 0.5) is 0 Å². The second-order valence-corrected chi connectivity index (χ2v) is 8.56. The fraction of sp³-hybridized carbons (Fsp3) is 0.708. The van der Waals surface area contributed by atoms with Gasteiger partial charge in [0, 0.05) is 39.4 Å². The van der Waals surface area contributed by atoms with Gasteiger partial charge < -0.3 is 20.1 Å². The molecule has 0 spiro atoms. The van der Waals surface area contributed by atoms with Crippen molar-refractivity contribution in [3.8, 4) is 0 Å². The van der Waals surface area contributed by atoms with Crippen LogP contribution in [0, 0.1) is 12.8 Å². The number of aryl methyl sites for hydroxylation is 1. The molecule has 2 heterocycles. The first-order valence-corrected chi connectivity index (χ1v) is 11.7. The zero-order chi connectivity index (χ0) is 21.0. The van der Waals surface area contributed by atoms with Crippen molar-refractivity contribution < 1.29 is 9.47 Å². The molecule has 1 aromatic carbocycles. The van der Waals surface area contributed by atoms with Crippen LogP contribution in [0.2, 0.25) is 0 Å². The summed E-state index contributed by atoms with van der Waals surface area (Å²) in [7, 11) is 0. The molecule has 2 aliphatic rings. The van der Waals surface area contributed by atoms with Crippen LogP contribution in [-0.2, 0) is 16.0 Å². The zero-order valence-corrected chi connectivity index (χ0v) is 18.9. The number of nitrogens with zero attached hydrogens (tertiary/aromatic N) is 2. The summed E-state index contributed by atoms with van der Waals surface area (Å²) in [5.41, 5.74) is 2.75. The smallest absolute Gasteiger partial charge is 0.191 e. The highest BCUT2D eigenvalue weighted by Crippen LogP contribution is 2.19. The Bertz CT molecular complexity index is 621. The predicted octanol–water partition coefficient (Wildman–Crippen LogP) is 2.96. The van der Waals surface area contributed by atoms with Gasteiger partial charge >= 0.3 is 0 Å². The minimum atomic E-state index is 0.295. The minimum absolute atomic E-state index is 0.295. The molecule has 168 valence electrons. The van der Waals surface area contributed by atoms with Crippen LogP contribution >= 0.6 is 0 Å². The molecule has 0 aromatic heterocycles. The van der Waals surface area contributed by atoms with Gasteiger partial charge in [0.1, 0.15) is 0 Å². The summed E-state index contributed by atoms with van der Waals surface area (Å²) in [6.07, 6.45) is 4.77. The predicted molar refractivity (Wildman–Crippen MR) is 123 cm³/mol. The lowest BCUT2D eigenvalue weighted by Crippen LogP contribution is -2.39. The van der Waals surface area contributed by atoms with Gasteiger partial charge in [-0.25, -0.2) is 0 Å². The lowest BCUT2D eigenvalue weighted by molar-refractivity contribution is 0.0420. The van der Waals surface area contributed by atoms with Gasteiger partial charge in [-0.05, 0) is 64.1 Å². The van der Waals surface area contributed by atoms with Gasteiger partial charge in [-0.15, -0.1) is 0 Å². The average molecular weight is 417 g/mol. The molecule has 0 amide bonds. The van der Waals surface area contributed by atoms with Gasteiger partial charge in [-0.3, -0.25) is 9.89 Å². The highest BCUT2D eigenvalue weighted by Gasteiger charge is 2.19. The first-order chi connectivity index (χ1) is 14.7. The average Bonchev–Trinajstić information content (AvgIpc) is 3.28. The second kappa shape index (κ2) is 12.9. The third-order valence-corrected chi connectivity index (χ3v) is 5.94. The van der Waals surface area contributed by atoms with E-state index in [2.05, 4.69) is 53.6 Å². The van der Waals surface area contributed by atoms with Crippen molar-refractivity contribution in [1.82, 2.24) is 15.5 Å². The lowest BCUT2D eigenvalue weighted by Gasteiger charge is -2.31. The maximum Gasteiger partial charge on any atom is 0.191 e. The van der Waals surface area contributed by atoms with Crippen molar-refractivity contribution in [2.75, 3.05) is 52.5 Å². The van der Waals surface area contributed by atoms with E-state index in [1.807, 2.05) is 0 Å². The Morgan fingerprint density at radius 1 is 1.17 bits per heavy atom. The molecule has 2 fully saturated rings. The maximum atomic E-state index is 5.83. The number of nitrogens with one attached hydrogen (secondary N) is 2. The number of hydrogen-bond donors (Lipinski definition) is 2. The Morgan fingerprint density at radius 3 is 2.67 bits per heavy atom. The quantitative estimate of drug-likeness (QED) is 0.349. The molecule has 30 heavy (non-hydrogen) atoms.